The highest BCUT2D eigenvalue weighted by molar-refractivity contribution is 5.25. The number of rotatable bonds is 1. The van der Waals surface area contributed by atoms with E-state index in [-0.39, 0.29) is 6.42 Å². The molecule has 2 saturated heterocycles. The van der Waals surface area contributed by atoms with E-state index in [1.807, 2.05) is 0 Å². The average molecular weight is 310 g/mol. The Balaban J connectivity index is 1.95. The van der Waals surface area contributed by atoms with Crippen LogP contribution >= 0.6 is 0 Å². The molecular weight excluding hydrogens is 298 g/mol. The van der Waals surface area contributed by atoms with E-state index >= 15 is 0 Å². The van der Waals surface area contributed by atoms with Crippen LogP contribution in [-0.4, -0.2) is 29.4 Å². The highest BCUT2D eigenvalue weighted by Gasteiger charge is 2.69. The zero-order chi connectivity index (χ0) is 15.4. The van der Waals surface area contributed by atoms with E-state index in [0.717, 1.165) is 0 Å². The van der Waals surface area contributed by atoms with Gasteiger partial charge in [-0.3, -0.25) is 4.98 Å². The molecule has 5 unspecified atom stereocenters. The lowest BCUT2D eigenvalue weighted by molar-refractivity contribution is -0.255. The molecule has 3 rings (SSSR count). The van der Waals surface area contributed by atoms with Crippen LogP contribution in [0.1, 0.15) is 17.9 Å². The zero-order valence-corrected chi connectivity index (χ0v) is 10.6. The predicted molar refractivity (Wildman–Crippen MR) is 61.4 cm³/mol. The third-order valence-electron chi connectivity index (χ3n) is 4.42. The number of fused-ring (bicyclic) bond motifs is 2. The summed E-state index contributed by atoms with van der Waals surface area (Å²) >= 11 is 0. The van der Waals surface area contributed by atoms with Crippen LogP contribution in [0, 0.1) is 11.8 Å². The molecule has 21 heavy (non-hydrogen) atoms. The second kappa shape index (κ2) is 4.59. The minimum absolute atomic E-state index is 0.0487. The lowest BCUT2D eigenvalue weighted by Crippen LogP contribution is -2.47. The molecule has 1 N–H and O–H groups in total. The summed E-state index contributed by atoms with van der Waals surface area (Å²) in [6.07, 6.45) is -6.79. The maximum absolute atomic E-state index is 13.1. The van der Waals surface area contributed by atoms with Gasteiger partial charge in [-0.2, -0.15) is 26.3 Å². The molecule has 0 amide bonds. The minimum Gasteiger partial charge on any atom is -0.309 e. The summed E-state index contributed by atoms with van der Waals surface area (Å²) in [6.45, 7) is 0. The van der Waals surface area contributed by atoms with Gasteiger partial charge in [0, 0.05) is 30.4 Å². The molecule has 8 heteroatoms. The topological polar surface area (TPSA) is 24.9 Å². The molecule has 3 heterocycles. The fourth-order valence-corrected chi connectivity index (χ4v) is 3.71. The standard InChI is InChI=1S/C13H12F6N2/c14-12(15,16)9-8-4-7(6-2-1-3-20-5-6)11(21-8)10(9)13(17,18)19/h1-3,5,7-11,21H,4H2. The Bertz CT molecular complexity index is 512. The van der Waals surface area contributed by atoms with E-state index in [0.29, 0.717) is 5.56 Å². The number of halogens is 6. The summed E-state index contributed by atoms with van der Waals surface area (Å²) in [7, 11) is 0. The number of hydrogen-bond donors (Lipinski definition) is 1. The Morgan fingerprint density at radius 1 is 1.05 bits per heavy atom. The fourth-order valence-electron chi connectivity index (χ4n) is 3.71. The average Bonchev–Trinajstić information content (AvgIpc) is 2.95. The molecule has 5 atom stereocenters. The van der Waals surface area contributed by atoms with Crippen molar-refractivity contribution < 1.29 is 26.3 Å². The summed E-state index contributed by atoms with van der Waals surface area (Å²) in [4.78, 5) is 3.84. The molecule has 0 radical (unpaired) electrons. The van der Waals surface area contributed by atoms with Crippen molar-refractivity contribution >= 4 is 0 Å². The van der Waals surface area contributed by atoms with Gasteiger partial charge in [-0.05, 0) is 18.1 Å². The first-order valence-electron chi connectivity index (χ1n) is 6.49. The molecule has 0 saturated carbocycles. The lowest BCUT2D eigenvalue weighted by Gasteiger charge is -2.36. The van der Waals surface area contributed by atoms with Gasteiger partial charge in [0.1, 0.15) is 0 Å². The summed E-state index contributed by atoms with van der Waals surface area (Å²) < 4.78 is 78.3. The summed E-state index contributed by atoms with van der Waals surface area (Å²) in [5.74, 6) is -5.36. The molecule has 1 aromatic rings. The SMILES string of the molecule is FC(F)(F)C1C2CC(c3cccnc3)C(N2)C1C(F)(F)F. The third-order valence-corrected chi connectivity index (χ3v) is 4.42. The fraction of sp³-hybridized carbons (Fsp3) is 0.615. The van der Waals surface area contributed by atoms with Gasteiger partial charge in [-0.25, -0.2) is 0 Å². The van der Waals surface area contributed by atoms with Crippen molar-refractivity contribution in [2.75, 3.05) is 0 Å². The van der Waals surface area contributed by atoms with Gasteiger partial charge in [-0.1, -0.05) is 6.07 Å². The van der Waals surface area contributed by atoms with Crippen LogP contribution in [0.4, 0.5) is 26.3 Å². The number of nitrogens with one attached hydrogen (secondary N) is 1. The van der Waals surface area contributed by atoms with Crippen molar-refractivity contribution in [2.24, 2.45) is 11.8 Å². The smallest absolute Gasteiger partial charge is 0.309 e. The quantitative estimate of drug-likeness (QED) is 0.805. The lowest BCUT2D eigenvalue weighted by atomic mass is 9.71. The second-order valence-corrected chi connectivity index (χ2v) is 5.56. The number of alkyl halides is 6. The van der Waals surface area contributed by atoms with Crippen LogP contribution in [0.3, 0.4) is 0 Å². The first-order chi connectivity index (χ1) is 9.69. The molecule has 2 aliphatic heterocycles. The summed E-state index contributed by atoms with van der Waals surface area (Å²) in [5.41, 5.74) is 0.548. The van der Waals surface area contributed by atoms with E-state index < -0.39 is 42.2 Å². The second-order valence-electron chi connectivity index (χ2n) is 5.56. The van der Waals surface area contributed by atoms with Crippen molar-refractivity contribution in [3.63, 3.8) is 0 Å². The summed E-state index contributed by atoms with van der Waals surface area (Å²) in [5, 5.41) is 2.52. The predicted octanol–water partition coefficient (Wildman–Crippen LogP) is 3.27. The van der Waals surface area contributed by atoms with Gasteiger partial charge in [-0.15, -0.1) is 0 Å². The van der Waals surface area contributed by atoms with Crippen LogP contribution in [0.2, 0.25) is 0 Å². The van der Waals surface area contributed by atoms with Crippen molar-refractivity contribution in [3.8, 4) is 0 Å². The monoisotopic (exact) mass is 310 g/mol. The molecule has 1 aromatic heterocycles. The molecule has 116 valence electrons. The van der Waals surface area contributed by atoms with E-state index in [9.17, 15) is 26.3 Å². The first-order valence-corrected chi connectivity index (χ1v) is 6.49. The Hall–Kier alpha value is -1.31. The molecule has 2 aliphatic rings. The van der Waals surface area contributed by atoms with Crippen LogP contribution in [-0.2, 0) is 0 Å². The highest BCUT2D eigenvalue weighted by Crippen LogP contribution is 2.56. The van der Waals surface area contributed by atoms with E-state index in [1.165, 1.54) is 12.4 Å². The maximum atomic E-state index is 13.1. The Morgan fingerprint density at radius 2 is 1.71 bits per heavy atom. The van der Waals surface area contributed by atoms with Crippen molar-refractivity contribution in [1.82, 2.24) is 10.3 Å². The number of pyridine rings is 1. The van der Waals surface area contributed by atoms with Gasteiger partial charge in [0.25, 0.3) is 0 Å². The van der Waals surface area contributed by atoms with Crippen molar-refractivity contribution in [1.29, 1.82) is 0 Å². The molecule has 2 nitrogen and oxygen atoms in total. The van der Waals surface area contributed by atoms with Crippen LogP contribution in [0.25, 0.3) is 0 Å². The maximum Gasteiger partial charge on any atom is 0.393 e. The molecule has 0 aliphatic carbocycles. The molecular formula is C13H12F6N2. The molecule has 2 bridgehead atoms. The van der Waals surface area contributed by atoms with Gasteiger partial charge in [0.05, 0.1) is 11.8 Å². The van der Waals surface area contributed by atoms with Crippen molar-refractivity contribution in [2.45, 2.75) is 36.8 Å². The number of aromatic nitrogens is 1. The van der Waals surface area contributed by atoms with Gasteiger partial charge in [0.2, 0.25) is 0 Å². The van der Waals surface area contributed by atoms with Gasteiger partial charge < -0.3 is 5.32 Å². The van der Waals surface area contributed by atoms with Gasteiger partial charge in [0.15, 0.2) is 0 Å². The Morgan fingerprint density at radius 3 is 2.24 bits per heavy atom. The third kappa shape index (κ3) is 2.39. The van der Waals surface area contributed by atoms with E-state index in [2.05, 4.69) is 10.3 Å². The van der Waals surface area contributed by atoms with Crippen molar-refractivity contribution in [3.05, 3.63) is 30.1 Å². The zero-order valence-electron chi connectivity index (χ0n) is 10.6. The highest BCUT2D eigenvalue weighted by atomic mass is 19.4. The van der Waals surface area contributed by atoms with Crippen LogP contribution in [0.5, 0.6) is 0 Å². The van der Waals surface area contributed by atoms with E-state index in [4.69, 9.17) is 0 Å². The summed E-state index contributed by atoms with van der Waals surface area (Å²) in [6, 6.07) is 0.749. The normalized spacial score (nSPS) is 36.2. The molecule has 0 aromatic carbocycles. The molecule has 2 fully saturated rings. The first kappa shape index (κ1) is 14.6. The Kier molecular flexibility index (Phi) is 3.20. The van der Waals surface area contributed by atoms with Crippen LogP contribution in [0.15, 0.2) is 24.5 Å². The molecule has 0 spiro atoms. The number of nitrogens with zero attached hydrogens (tertiary/aromatic N) is 1. The number of hydrogen-bond acceptors (Lipinski definition) is 2. The Labute approximate surface area is 116 Å². The minimum atomic E-state index is -4.88. The largest absolute Gasteiger partial charge is 0.393 e. The van der Waals surface area contributed by atoms with Crippen LogP contribution < -0.4 is 5.32 Å². The van der Waals surface area contributed by atoms with Gasteiger partial charge >= 0.3 is 12.4 Å². The van der Waals surface area contributed by atoms with E-state index in [1.54, 1.807) is 12.1 Å².